The van der Waals surface area contributed by atoms with Crippen LogP contribution >= 0.6 is 0 Å². The summed E-state index contributed by atoms with van der Waals surface area (Å²) in [6.07, 6.45) is 6.26. The normalized spacial score (nSPS) is 23.1. The molecule has 0 atom stereocenters. The largest absolute Gasteiger partial charge is 0.492 e. The van der Waals surface area contributed by atoms with Crippen molar-refractivity contribution in [1.82, 2.24) is 0 Å². The molecule has 1 fully saturated rings. The molecule has 0 heterocycles. The van der Waals surface area contributed by atoms with Gasteiger partial charge < -0.3 is 10.1 Å². The Morgan fingerprint density at radius 2 is 1.95 bits per heavy atom. The highest BCUT2D eigenvalue weighted by Crippen LogP contribution is 2.32. The molecule has 0 bridgehead atoms. The SMILES string of the molecule is CCOc1cc(F)ccc1NC1CCC(CC)CC1. The van der Waals surface area contributed by atoms with Crippen LogP contribution in [0, 0.1) is 11.7 Å². The number of hydrogen-bond donors (Lipinski definition) is 1. The highest BCUT2D eigenvalue weighted by atomic mass is 19.1. The first kappa shape index (κ1) is 14.2. The summed E-state index contributed by atoms with van der Waals surface area (Å²) in [6, 6.07) is 5.23. The van der Waals surface area contributed by atoms with Crippen LogP contribution in [0.5, 0.6) is 5.75 Å². The third kappa shape index (κ3) is 3.85. The molecule has 0 aromatic heterocycles. The van der Waals surface area contributed by atoms with Crippen molar-refractivity contribution >= 4 is 5.69 Å². The molecule has 0 aliphatic heterocycles. The summed E-state index contributed by atoms with van der Waals surface area (Å²) in [7, 11) is 0. The van der Waals surface area contributed by atoms with Gasteiger partial charge in [0.05, 0.1) is 12.3 Å². The fourth-order valence-electron chi connectivity index (χ4n) is 2.83. The molecule has 19 heavy (non-hydrogen) atoms. The zero-order valence-electron chi connectivity index (χ0n) is 11.9. The van der Waals surface area contributed by atoms with Gasteiger partial charge in [0.15, 0.2) is 0 Å². The zero-order chi connectivity index (χ0) is 13.7. The Morgan fingerprint density at radius 3 is 2.58 bits per heavy atom. The summed E-state index contributed by atoms with van der Waals surface area (Å²) in [5.41, 5.74) is 0.920. The molecule has 1 aliphatic carbocycles. The molecule has 1 saturated carbocycles. The average Bonchev–Trinajstić information content (AvgIpc) is 2.43. The maximum Gasteiger partial charge on any atom is 0.145 e. The van der Waals surface area contributed by atoms with Gasteiger partial charge in [-0.15, -0.1) is 0 Å². The summed E-state index contributed by atoms with van der Waals surface area (Å²) < 4.78 is 18.7. The summed E-state index contributed by atoms with van der Waals surface area (Å²) in [4.78, 5) is 0. The Kier molecular flexibility index (Phi) is 5.06. The van der Waals surface area contributed by atoms with Gasteiger partial charge in [-0.3, -0.25) is 0 Å². The number of nitrogens with one attached hydrogen (secondary N) is 1. The second-order valence-corrected chi connectivity index (χ2v) is 5.34. The quantitative estimate of drug-likeness (QED) is 0.839. The van der Waals surface area contributed by atoms with E-state index in [2.05, 4.69) is 12.2 Å². The van der Waals surface area contributed by atoms with Gasteiger partial charge in [0.1, 0.15) is 11.6 Å². The van der Waals surface area contributed by atoms with E-state index >= 15 is 0 Å². The zero-order valence-corrected chi connectivity index (χ0v) is 11.9. The van der Waals surface area contributed by atoms with E-state index in [1.807, 2.05) is 6.92 Å². The number of anilines is 1. The van der Waals surface area contributed by atoms with Crippen LogP contribution in [0.4, 0.5) is 10.1 Å². The fourth-order valence-corrected chi connectivity index (χ4v) is 2.83. The molecular formula is C16H24FNO. The number of halogens is 1. The molecule has 0 saturated heterocycles. The lowest BCUT2D eigenvalue weighted by Crippen LogP contribution is -2.26. The van der Waals surface area contributed by atoms with Crippen molar-refractivity contribution in [2.75, 3.05) is 11.9 Å². The Morgan fingerprint density at radius 1 is 1.21 bits per heavy atom. The number of benzene rings is 1. The van der Waals surface area contributed by atoms with Gasteiger partial charge >= 0.3 is 0 Å². The standard InChI is InChI=1S/C16H24FNO/c1-3-12-5-8-14(9-6-12)18-15-10-7-13(17)11-16(15)19-4-2/h7,10-12,14,18H,3-6,8-9H2,1-2H3. The molecule has 0 radical (unpaired) electrons. The third-order valence-electron chi connectivity index (χ3n) is 4.03. The van der Waals surface area contributed by atoms with Gasteiger partial charge in [0.25, 0.3) is 0 Å². The second kappa shape index (κ2) is 6.78. The van der Waals surface area contributed by atoms with Gasteiger partial charge in [0.2, 0.25) is 0 Å². The van der Waals surface area contributed by atoms with Crippen molar-refractivity contribution in [2.24, 2.45) is 5.92 Å². The highest BCUT2D eigenvalue weighted by Gasteiger charge is 2.20. The molecule has 1 aliphatic rings. The van der Waals surface area contributed by atoms with Crippen LogP contribution in [0.25, 0.3) is 0 Å². The van der Waals surface area contributed by atoms with E-state index in [0.29, 0.717) is 18.4 Å². The van der Waals surface area contributed by atoms with E-state index in [0.717, 1.165) is 11.6 Å². The monoisotopic (exact) mass is 265 g/mol. The number of hydrogen-bond acceptors (Lipinski definition) is 2. The first-order chi connectivity index (χ1) is 9.22. The Labute approximate surface area is 115 Å². The van der Waals surface area contributed by atoms with Gasteiger partial charge in [0, 0.05) is 12.1 Å². The predicted molar refractivity (Wildman–Crippen MR) is 77.2 cm³/mol. The lowest BCUT2D eigenvalue weighted by Gasteiger charge is -2.29. The van der Waals surface area contributed by atoms with Crippen LogP contribution in [-0.2, 0) is 0 Å². The van der Waals surface area contributed by atoms with Crippen molar-refractivity contribution in [3.8, 4) is 5.75 Å². The van der Waals surface area contributed by atoms with Crippen molar-refractivity contribution in [2.45, 2.75) is 52.0 Å². The van der Waals surface area contributed by atoms with E-state index in [9.17, 15) is 4.39 Å². The smallest absolute Gasteiger partial charge is 0.145 e. The molecule has 0 unspecified atom stereocenters. The fraction of sp³-hybridized carbons (Fsp3) is 0.625. The predicted octanol–water partition coefficient (Wildman–Crippen LogP) is 4.61. The summed E-state index contributed by atoms with van der Waals surface area (Å²) in [5.74, 6) is 1.27. The van der Waals surface area contributed by atoms with Crippen molar-refractivity contribution in [3.05, 3.63) is 24.0 Å². The highest BCUT2D eigenvalue weighted by molar-refractivity contribution is 5.57. The molecule has 106 valence electrons. The third-order valence-corrected chi connectivity index (χ3v) is 4.03. The van der Waals surface area contributed by atoms with Gasteiger partial charge in [-0.05, 0) is 50.7 Å². The lowest BCUT2D eigenvalue weighted by molar-refractivity contribution is 0.325. The van der Waals surface area contributed by atoms with Crippen LogP contribution in [0.1, 0.15) is 46.0 Å². The van der Waals surface area contributed by atoms with E-state index in [1.165, 1.54) is 44.2 Å². The molecule has 0 amide bonds. The van der Waals surface area contributed by atoms with Crippen LogP contribution < -0.4 is 10.1 Å². The van der Waals surface area contributed by atoms with Gasteiger partial charge in [-0.25, -0.2) is 4.39 Å². The van der Waals surface area contributed by atoms with E-state index < -0.39 is 0 Å². The number of ether oxygens (including phenoxy) is 1. The summed E-state index contributed by atoms with van der Waals surface area (Å²) in [6.45, 7) is 4.74. The molecule has 1 aromatic rings. The van der Waals surface area contributed by atoms with E-state index in [-0.39, 0.29) is 5.82 Å². The second-order valence-electron chi connectivity index (χ2n) is 5.34. The van der Waals surface area contributed by atoms with Crippen molar-refractivity contribution in [1.29, 1.82) is 0 Å². The molecule has 1 N–H and O–H groups in total. The molecular weight excluding hydrogens is 241 g/mol. The number of rotatable bonds is 5. The van der Waals surface area contributed by atoms with Gasteiger partial charge in [-0.1, -0.05) is 13.3 Å². The van der Waals surface area contributed by atoms with Crippen LogP contribution in [0.2, 0.25) is 0 Å². The Balaban J connectivity index is 1.99. The maximum absolute atomic E-state index is 13.2. The first-order valence-corrected chi connectivity index (χ1v) is 7.41. The summed E-state index contributed by atoms with van der Waals surface area (Å²) >= 11 is 0. The summed E-state index contributed by atoms with van der Waals surface area (Å²) in [5, 5.41) is 3.51. The Hall–Kier alpha value is -1.25. The maximum atomic E-state index is 13.2. The van der Waals surface area contributed by atoms with Crippen molar-refractivity contribution < 1.29 is 9.13 Å². The minimum Gasteiger partial charge on any atom is -0.492 e. The van der Waals surface area contributed by atoms with E-state index in [1.54, 1.807) is 6.07 Å². The average molecular weight is 265 g/mol. The Bertz CT molecular complexity index is 400. The molecule has 0 spiro atoms. The molecule has 1 aromatic carbocycles. The van der Waals surface area contributed by atoms with Crippen LogP contribution in [-0.4, -0.2) is 12.6 Å². The van der Waals surface area contributed by atoms with Crippen LogP contribution in [0.3, 0.4) is 0 Å². The van der Waals surface area contributed by atoms with Crippen LogP contribution in [0.15, 0.2) is 18.2 Å². The molecule has 3 heteroatoms. The van der Waals surface area contributed by atoms with Gasteiger partial charge in [-0.2, -0.15) is 0 Å². The van der Waals surface area contributed by atoms with Crippen molar-refractivity contribution in [3.63, 3.8) is 0 Å². The topological polar surface area (TPSA) is 21.3 Å². The lowest BCUT2D eigenvalue weighted by atomic mass is 9.84. The minimum absolute atomic E-state index is 0.247. The molecule has 2 rings (SSSR count). The van der Waals surface area contributed by atoms with E-state index in [4.69, 9.17) is 4.74 Å². The minimum atomic E-state index is -0.247. The molecule has 2 nitrogen and oxygen atoms in total. The first-order valence-electron chi connectivity index (χ1n) is 7.41.